The van der Waals surface area contributed by atoms with Crippen molar-refractivity contribution >= 4 is 11.5 Å². The molecule has 0 aromatic carbocycles. The lowest BCUT2D eigenvalue weighted by atomic mass is 10.1. The Morgan fingerprint density at radius 1 is 1.68 bits per heavy atom. The summed E-state index contributed by atoms with van der Waals surface area (Å²) in [5.41, 5.74) is 6.50. The minimum absolute atomic E-state index is 0.0628. The minimum Gasteiger partial charge on any atom is -0.373 e. The monoisotopic (exact) mass is 266 g/mol. The molecule has 1 fully saturated rings. The molecule has 1 aliphatic rings. The zero-order valence-corrected chi connectivity index (χ0v) is 11.1. The molecule has 7 heteroatoms. The second-order valence-electron chi connectivity index (χ2n) is 4.77. The molecule has 104 valence electrons. The van der Waals surface area contributed by atoms with Gasteiger partial charge in [-0.15, -0.1) is 0 Å². The number of nitrogens with two attached hydrogens (primary N) is 1. The van der Waals surface area contributed by atoms with Crippen LogP contribution < -0.4 is 10.6 Å². The van der Waals surface area contributed by atoms with Crippen LogP contribution in [0.1, 0.15) is 12.5 Å². The van der Waals surface area contributed by atoms with Gasteiger partial charge in [0.2, 0.25) is 5.82 Å². The van der Waals surface area contributed by atoms with Gasteiger partial charge in [-0.1, -0.05) is 0 Å². The van der Waals surface area contributed by atoms with Gasteiger partial charge < -0.3 is 15.4 Å². The fraction of sp³-hybridized carbons (Fsp3) is 0.583. The number of aromatic nitrogens is 1. The number of hydrogen-bond acceptors (Lipinski definition) is 6. The molecule has 2 unspecified atom stereocenters. The summed E-state index contributed by atoms with van der Waals surface area (Å²) >= 11 is 0. The number of anilines is 1. The molecule has 19 heavy (non-hydrogen) atoms. The van der Waals surface area contributed by atoms with Crippen molar-refractivity contribution in [3.8, 4) is 0 Å². The molecule has 0 aliphatic carbocycles. The predicted molar refractivity (Wildman–Crippen MR) is 71.2 cm³/mol. The lowest BCUT2D eigenvalue weighted by Gasteiger charge is -2.35. The van der Waals surface area contributed by atoms with Crippen molar-refractivity contribution in [2.75, 3.05) is 24.6 Å². The number of pyridine rings is 1. The van der Waals surface area contributed by atoms with E-state index in [0.717, 1.165) is 0 Å². The molecule has 0 saturated carbocycles. The van der Waals surface area contributed by atoms with Gasteiger partial charge in [-0.05, 0) is 19.9 Å². The molecular weight excluding hydrogens is 248 g/mol. The Morgan fingerprint density at radius 2 is 2.42 bits per heavy atom. The summed E-state index contributed by atoms with van der Waals surface area (Å²) in [5, 5.41) is 11.2. The highest BCUT2D eigenvalue weighted by atomic mass is 16.6. The maximum atomic E-state index is 11.2. The highest BCUT2D eigenvalue weighted by molar-refractivity contribution is 5.61. The van der Waals surface area contributed by atoms with Crippen LogP contribution in [0.5, 0.6) is 0 Å². The van der Waals surface area contributed by atoms with E-state index in [1.165, 1.54) is 0 Å². The molecular formula is C12H18N4O3. The molecule has 1 saturated heterocycles. The maximum Gasteiger partial charge on any atom is 0.314 e. The summed E-state index contributed by atoms with van der Waals surface area (Å²) < 4.78 is 5.56. The van der Waals surface area contributed by atoms with E-state index in [1.54, 1.807) is 19.2 Å². The molecule has 1 aromatic rings. The summed E-state index contributed by atoms with van der Waals surface area (Å²) in [6.45, 7) is 5.19. The molecule has 2 atom stereocenters. The SMILES string of the molecule is Cc1ccnc(N2CCOC(C(C)N)C2)c1[N+](=O)[O-]. The first-order valence-corrected chi connectivity index (χ1v) is 6.23. The quantitative estimate of drug-likeness (QED) is 0.643. The summed E-state index contributed by atoms with van der Waals surface area (Å²) in [5.74, 6) is 0.402. The van der Waals surface area contributed by atoms with E-state index in [-0.39, 0.29) is 22.8 Å². The molecule has 0 radical (unpaired) electrons. The number of hydrogen-bond donors (Lipinski definition) is 1. The van der Waals surface area contributed by atoms with Crippen molar-refractivity contribution in [1.29, 1.82) is 0 Å². The van der Waals surface area contributed by atoms with Crippen LogP contribution in [0.2, 0.25) is 0 Å². The molecule has 0 spiro atoms. The van der Waals surface area contributed by atoms with E-state index >= 15 is 0 Å². The van der Waals surface area contributed by atoms with Crippen molar-refractivity contribution < 1.29 is 9.66 Å². The fourth-order valence-electron chi connectivity index (χ4n) is 2.18. The molecule has 0 bridgehead atoms. The Kier molecular flexibility index (Phi) is 3.96. The van der Waals surface area contributed by atoms with Gasteiger partial charge in [0.15, 0.2) is 0 Å². The molecule has 1 aromatic heterocycles. The molecule has 2 rings (SSSR count). The first kappa shape index (κ1) is 13.7. The van der Waals surface area contributed by atoms with Crippen molar-refractivity contribution in [2.45, 2.75) is 26.0 Å². The van der Waals surface area contributed by atoms with E-state index in [0.29, 0.717) is 31.1 Å². The first-order chi connectivity index (χ1) is 9.00. The number of ether oxygens (including phenoxy) is 1. The Bertz CT molecular complexity index is 478. The van der Waals surface area contributed by atoms with Gasteiger partial charge in [0.1, 0.15) is 0 Å². The first-order valence-electron chi connectivity index (χ1n) is 6.23. The summed E-state index contributed by atoms with van der Waals surface area (Å²) in [7, 11) is 0. The minimum atomic E-state index is -0.381. The number of nitro groups is 1. The molecule has 1 aliphatic heterocycles. The Morgan fingerprint density at radius 3 is 3.05 bits per heavy atom. The van der Waals surface area contributed by atoms with Crippen molar-refractivity contribution in [2.24, 2.45) is 5.73 Å². The average molecular weight is 266 g/mol. The van der Waals surface area contributed by atoms with Crippen LogP contribution >= 0.6 is 0 Å². The average Bonchev–Trinajstić information content (AvgIpc) is 2.38. The third-order valence-electron chi connectivity index (χ3n) is 3.27. The predicted octanol–water partition coefficient (Wildman–Crippen LogP) is 0.851. The Hall–Kier alpha value is -1.73. The summed E-state index contributed by atoms with van der Waals surface area (Å²) in [6, 6.07) is 1.53. The smallest absolute Gasteiger partial charge is 0.314 e. The molecule has 2 heterocycles. The van der Waals surface area contributed by atoms with Crippen LogP contribution in [-0.2, 0) is 4.74 Å². The van der Waals surface area contributed by atoms with E-state index in [2.05, 4.69) is 4.98 Å². The zero-order valence-electron chi connectivity index (χ0n) is 11.1. The molecule has 0 amide bonds. The van der Waals surface area contributed by atoms with E-state index in [4.69, 9.17) is 10.5 Å². The Labute approximate surface area is 111 Å². The van der Waals surface area contributed by atoms with Gasteiger partial charge in [0.25, 0.3) is 0 Å². The number of morpholine rings is 1. The van der Waals surface area contributed by atoms with Crippen molar-refractivity contribution in [3.63, 3.8) is 0 Å². The molecule has 2 N–H and O–H groups in total. The molecule has 7 nitrogen and oxygen atoms in total. The number of nitrogens with zero attached hydrogens (tertiary/aromatic N) is 3. The third-order valence-corrected chi connectivity index (χ3v) is 3.27. The van der Waals surface area contributed by atoms with Crippen LogP contribution in [0.3, 0.4) is 0 Å². The van der Waals surface area contributed by atoms with Gasteiger partial charge in [0.05, 0.1) is 17.6 Å². The highest BCUT2D eigenvalue weighted by Crippen LogP contribution is 2.30. The van der Waals surface area contributed by atoms with Crippen LogP contribution in [0, 0.1) is 17.0 Å². The van der Waals surface area contributed by atoms with E-state index < -0.39 is 0 Å². The lowest BCUT2D eigenvalue weighted by Crippen LogP contribution is -2.50. The zero-order chi connectivity index (χ0) is 14.0. The second-order valence-corrected chi connectivity index (χ2v) is 4.77. The van der Waals surface area contributed by atoms with Crippen molar-refractivity contribution in [3.05, 3.63) is 27.9 Å². The van der Waals surface area contributed by atoms with Gasteiger partial charge in [-0.2, -0.15) is 0 Å². The van der Waals surface area contributed by atoms with Gasteiger partial charge >= 0.3 is 5.69 Å². The van der Waals surface area contributed by atoms with E-state index in [1.807, 2.05) is 11.8 Å². The second kappa shape index (κ2) is 5.50. The summed E-state index contributed by atoms with van der Waals surface area (Å²) in [6.07, 6.45) is 1.46. The van der Waals surface area contributed by atoms with E-state index in [9.17, 15) is 10.1 Å². The number of aryl methyl sites for hydroxylation is 1. The van der Waals surface area contributed by atoms with Crippen LogP contribution in [0.25, 0.3) is 0 Å². The Balaban J connectivity index is 2.31. The van der Waals surface area contributed by atoms with Gasteiger partial charge in [-0.3, -0.25) is 10.1 Å². The third kappa shape index (κ3) is 2.82. The van der Waals surface area contributed by atoms with Gasteiger partial charge in [0, 0.05) is 30.9 Å². The standard InChI is InChI=1S/C12H18N4O3/c1-8-3-4-14-12(11(8)16(17)18)15-5-6-19-10(7-15)9(2)13/h3-4,9-10H,5-7,13H2,1-2H3. The van der Waals surface area contributed by atoms with Crippen LogP contribution in [-0.4, -0.2) is 41.7 Å². The van der Waals surface area contributed by atoms with Crippen LogP contribution in [0.15, 0.2) is 12.3 Å². The lowest BCUT2D eigenvalue weighted by molar-refractivity contribution is -0.384. The fourth-order valence-corrected chi connectivity index (χ4v) is 2.18. The number of rotatable bonds is 3. The van der Waals surface area contributed by atoms with Crippen molar-refractivity contribution in [1.82, 2.24) is 4.98 Å². The summed E-state index contributed by atoms with van der Waals surface area (Å²) in [4.78, 5) is 16.8. The largest absolute Gasteiger partial charge is 0.373 e. The topological polar surface area (TPSA) is 94.5 Å². The van der Waals surface area contributed by atoms with Gasteiger partial charge in [-0.25, -0.2) is 4.98 Å². The highest BCUT2D eigenvalue weighted by Gasteiger charge is 2.29. The maximum absolute atomic E-state index is 11.2. The van der Waals surface area contributed by atoms with Crippen LogP contribution in [0.4, 0.5) is 11.5 Å². The normalized spacial score (nSPS) is 21.2.